The van der Waals surface area contributed by atoms with Crippen LogP contribution in [0.1, 0.15) is 50.5 Å². The van der Waals surface area contributed by atoms with Gasteiger partial charge in [-0.25, -0.2) is 0 Å². The fraction of sp³-hybridized carbons (Fsp3) is 0.562. The summed E-state index contributed by atoms with van der Waals surface area (Å²) in [5.74, 6) is -0.307. The molecule has 0 amide bonds. The summed E-state index contributed by atoms with van der Waals surface area (Å²) in [4.78, 5) is 11.5. The highest BCUT2D eigenvalue weighted by Gasteiger charge is 2.50. The second-order valence-electron chi connectivity index (χ2n) is 6.27. The molecule has 3 saturated carbocycles. The second-order valence-corrected chi connectivity index (χ2v) is 6.27. The number of aliphatic carboxylic acids is 1. The van der Waals surface area contributed by atoms with Crippen LogP contribution < -0.4 is 0 Å². The summed E-state index contributed by atoms with van der Waals surface area (Å²) < 4.78 is 0. The monoisotopic (exact) mass is 260 g/mol. The van der Waals surface area contributed by atoms with Crippen molar-refractivity contribution in [2.24, 2.45) is 5.41 Å². The molecule has 0 unspecified atom stereocenters. The van der Waals surface area contributed by atoms with Gasteiger partial charge in [0.1, 0.15) is 5.75 Å². The van der Waals surface area contributed by atoms with Gasteiger partial charge in [0.25, 0.3) is 0 Å². The number of phenols is 1. The molecule has 2 bridgehead atoms. The van der Waals surface area contributed by atoms with E-state index in [0.29, 0.717) is 5.75 Å². The summed E-state index contributed by atoms with van der Waals surface area (Å²) in [6.45, 7) is 0. The van der Waals surface area contributed by atoms with E-state index < -0.39 is 11.4 Å². The number of rotatable bonds is 2. The lowest BCUT2D eigenvalue weighted by molar-refractivity contribution is -0.151. The highest BCUT2D eigenvalue weighted by atomic mass is 16.4. The molecule has 3 fully saturated rings. The Hall–Kier alpha value is -1.51. The minimum absolute atomic E-state index is 0.142. The van der Waals surface area contributed by atoms with Gasteiger partial charge in [0.2, 0.25) is 0 Å². The van der Waals surface area contributed by atoms with Crippen molar-refractivity contribution >= 4 is 5.97 Å². The molecule has 0 aromatic heterocycles. The molecule has 3 aliphatic carbocycles. The van der Waals surface area contributed by atoms with Crippen LogP contribution in [0.15, 0.2) is 24.3 Å². The van der Waals surface area contributed by atoms with E-state index in [0.717, 1.165) is 44.9 Å². The van der Waals surface area contributed by atoms with Crippen LogP contribution in [0.2, 0.25) is 0 Å². The van der Waals surface area contributed by atoms with E-state index in [1.54, 1.807) is 12.1 Å². The first-order valence-corrected chi connectivity index (χ1v) is 7.09. The lowest BCUT2D eigenvalue weighted by Crippen LogP contribution is -2.38. The first kappa shape index (κ1) is 12.5. The van der Waals surface area contributed by atoms with Gasteiger partial charge in [-0.3, -0.25) is 4.79 Å². The highest BCUT2D eigenvalue weighted by molar-refractivity contribution is 5.75. The molecule has 0 saturated heterocycles. The molecule has 3 nitrogen and oxygen atoms in total. The summed E-state index contributed by atoms with van der Waals surface area (Å²) in [5, 5.41) is 18.9. The average molecular weight is 260 g/mol. The van der Waals surface area contributed by atoms with Crippen molar-refractivity contribution in [3.05, 3.63) is 29.8 Å². The minimum Gasteiger partial charge on any atom is -0.508 e. The van der Waals surface area contributed by atoms with Gasteiger partial charge in [0.05, 0.1) is 5.41 Å². The molecule has 0 aliphatic heterocycles. The number of benzene rings is 1. The third-order valence-corrected chi connectivity index (χ3v) is 5.41. The van der Waals surface area contributed by atoms with E-state index in [2.05, 4.69) is 0 Å². The van der Waals surface area contributed by atoms with Crippen LogP contribution in [0.25, 0.3) is 0 Å². The van der Waals surface area contributed by atoms with Crippen molar-refractivity contribution in [3.63, 3.8) is 0 Å². The SMILES string of the molecule is O=C(O)C12CCCC(c3ccc(O)cc3)(CC1)CC2. The molecule has 2 N–H and O–H groups in total. The van der Waals surface area contributed by atoms with Crippen molar-refractivity contribution in [2.45, 2.75) is 50.4 Å². The zero-order chi connectivity index (χ0) is 13.5. The summed E-state index contributed by atoms with van der Waals surface area (Å²) in [5.41, 5.74) is 0.950. The number of carboxylic acid groups (broad SMARTS) is 1. The predicted molar refractivity (Wildman–Crippen MR) is 72.2 cm³/mol. The molecule has 19 heavy (non-hydrogen) atoms. The summed E-state index contributed by atoms with van der Waals surface area (Å²) in [7, 11) is 0. The van der Waals surface area contributed by atoms with E-state index in [9.17, 15) is 15.0 Å². The maximum absolute atomic E-state index is 11.5. The summed E-state index contributed by atoms with van der Waals surface area (Å²) in [6.07, 6.45) is 6.41. The van der Waals surface area contributed by atoms with Gasteiger partial charge >= 0.3 is 5.97 Å². The third-order valence-electron chi connectivity index (χ3n) is 5.41. The smallest absolute Gasteiger partial charge is 0.309 e. The second kappa shape index (κ2) is 4.26. The largest absolute Gasteiger partial charge is 0.508 e. The zero-order valence-electron chi connectivity index (χ0n) is 11.1. The Morgan fingerprint density at radius 1 is 0.947 bits per heavy atom. The van der Waals surface area contributed by atoms with Crippen LogP contribution in [0.3, 0.4) is 0 Å². The topological polar surface area (TPSA) is 57.5 Å². The van der Waals surface area contributed by atoms with Crippen molar-refractivity contribution in [2.75, 3.05) is 0 Å². The molecule has 4 rings (SSSR count). The maximum Gasteiger partial charge on any atom is 0.309 e. The highest BCUT2D eigenvalue weighted by Crippen LogP contribution is 2.55. The molecule has 0 atom stereocenters. The summed E-state index contributed by atoms with van der Waals surface area (Å²) in [6, 6.07) is 7.50. The van der Waals surface area contributed by atoms with Gasteiger partial charge in [-0.05, 0) is 61.6 Å². The molecule has 1 aromatic carbocycles. The number of hydrogen-bond acceptors (Lipinski definition) is 2. The minimum atomic E-state index is -0.603. The molecular weight excluding hydrogens is 240 g/mol. The third kappa shape index (κ3) is 1.92. The van der Waals surface area contributed by atoms with Crippen molar-refractivity contribution in [3.8, 4) is 5.75 Å². The van der Waals surface area contributed by atoms with Gasteiger partial charge in [0, 0.05) is 0 Å². The molecular formula is C16H20O3. The fourth-order valence-corrected chi connectivity index (χ4v) is 4.04. The predicted octanol–water partition coefficient (Wildman–Crippen LogP) is 3.46. The van der Waals surface area contributed by atoms with Crippen LogP contribution >= 0.6 is 0 Å². The Labute approximate surface area is 113 Å². The number of carbonyl (C=O) groups is 1. The molecule has 0 radical (unpaired) electrons. The van der Waals surface area contributed by atoms with Crippen LogP contribution in [0.5, 0.6) is 5.75 Å². The molecule has 0 spiro atoms. The number of hydrogen-bond donors (Lipinski definition) is 2. The Morgan fingerprint density at radius 2 is 1.58 bits per heavy atom. The Bertz CT molecular complexity index is 481. The average Bonchev–Trinajstić information content (AvgIpc) is 2.71. The van der Waals surface area contributed by atoms with Crippen molar-refractivity contribution < 1.29 is 15.0 Å². The van der Waals surface area contributed by atoms with E-state index in [1.807, 2.05) is 12.1 Å². The van der Waals surface area contributed by atoms with E-state index >= 15 is 0 Å². The van der Waals surface area contributed by atoms with Crippen molar-refractivity contribution in [1.29, 1.82) is 0 Å². The first-order chi connectivity index (χ1) is 9.06. The number of phenolic OH excluding ortho intramolecular Hbond substituents is 1. The Kier molecular flexibility index (Phi) is 2.80. The van der Waals surface area contributed by atoms with Gasteiger partial charge in [-0.2, -0.15) is 0 Å². The van der Waals surface area contributed by atoms with Gasteiger partial charge < -0.3 is 10.2 Å². The lowest BCUT2D eigenvalue weighted by atomic mass is 9.62. The number of aromatic hydroxyl groups is 1. The van der Waals surface area contributed by atoms with Gasteiger partial charge in [0.15, 0.2) is 0 Å². The van der Waals surface area contributed by atoms with Crippen LogP contribution in [0, 0.1) is 5.41 Å². The summed E-state index contributed by atoms with van der Waals surface area (Å²) >= 11 is 0. The Balaban J connectivity index is 1.92. The first-order valence-electron chi connectivity index (χ1n) is 7.09. The standard InChI is InChI=1S/C16H20O3/c17-13-4-2-12(3-5-13)15-6-1-7-16(10-8-15,11-9-15)14(18)19/h2-5,17H,1,6-11H2,(H,18,19). The molecule has 102 valence electrons. The van der Waals surface area contributed by atoms with Crippen LogP contribution in [-0.4, -0.2) is 16.2 Å². The zero-order valence-corrected chi connectivity index (χ0v) is 11.1. The Morgan fingerprint density at radius 3 is 2.16 bits per heavy atom. The number of carboxylic acids is 1. The van der Waals surface area contributed by atoms with Gasteiger partial charge in [-0.15, -0.1) is 0 Å². The van der Waals surface area contributed by atoms with E-state index in [-0.39, 0.29) is 5.41 Å². The molecule has 1 aromatic rings. The molecule has 0 heterocycles. The van der Waals surface area contributed by atoms with Crippen LogP contribution in [-0.2, 0) is 10.2 Å². The van der Waals surface area contributed by atoms with E-state index in [1.165, 1.54) is 5.56 Å². The fourth-order valence-electron chi connectivity index (χ4n) is 4.04. The van der Waals surface area contributed by atoms with Crippen molar-refractivity contribution in [1.82, 2.24) is 0 Å². The quantitative estimate of drug-likeness (QED) is 0.856. The van der Waals surface area contributed by atoms with Gasteiger partial charge in [-0.1, -0.05) is 18.6 Å². The van der Waals surface area contributed by atoms with E-state index in [4.69, 9.17) is 0 Å². The molecule has 3 heteroatoms. The van der Waals surface area contributed by atoms with Crippen LogP contribution in [0.4, 0.5) is 0 Å². The number of fused-ring (bicyclic) bond motifs is 4. The lowest BCUT2D eigenvalue weighted by Gasteiger charge is -2.41. The maximum atomic E-state index is 11.5. The molecule has 3 aliphatic rings. The normalized spacial score (nSPS) is 33.9.